The summed E-state index contributed by atoms with van der Waals surface area (Å²) in [5, 5.41) is 9.56. The van der Waals surface area contributed by atoms with Gasteiger partial charge in [0.1, 0.15) is 0 Å². The summed E-state index contributed by atoms with van der Waals surface area (Å²) < 4.78 is 5.47. The normalized spacial score (nSPS) is 29.0. The Hall–Kier alpha value is -1.26. The molecule has 0 spiro atoms. The van der Waals surface area contributed by atoms with Crippen molar-refractivity contribution in [2.24, 2.45) is 5.92 Å². The molecule has 5 heteroatoms. The van der Waals surface area contributed by atoms with Crippen molar-refractivity contribution in [1.82, 2.24) is 10.1 Å². The van der Waals surface area contributed by atoms with Crippen LogP contribution >= 0.6 is 11.6 Å². The zero-order valence-corrected chi connectivity index (χ0v) is 12.3. The van der Waals surface area contributed by atoms with E-state index in [0.29, 0.717) is 6.04 Å². The third kappa shape index (κ3) is 1.90. The van der Waals surface area contributed by atoms with Crippen LogP contribution in [0.3, 0.4) is 0 Å². The van der Waals surface area contributed by atoms with Gasteiger partial charge in [-0.2, -0.15) is 0 Å². The number of aromatic nitrogens is 1. The van der Waals surface area contributed by atoms with Crippen molar-refractivity contribution in [3.63, 3.8) is 0 Å². The second-order valence-electron chi connectivity index (χ2n) is 5.97. The summed E-state index contributed by atoms with van der Waals surface area (Å²) in [5.41, 5.74) is 1.75. The van der Waals surface area contributed by atoms with Gasteiger partial charge in [-0.15, -0.1) is 0 Å². The number of nitrogens with zero attached hydrogens (tertiary/aromatic N) is 2. The maximum atomic E-state index is 6.13. The minimum atomic E-state index is 0.488. The number of halogens is 1. The van der Waals surface area contributed by atoms with E-state index in [1.54, 1.807) is 0 Å². The van der Waals surface area contributed by atoms with Gasteiger partial charge in [0, 0.05) is 23.2 Å². The number of anilines is 1. The Morgan fingerprint density at radius 1 is 1.35 bits per heavy atom. The van der Waals surface area contributed by atoms with Gasteiger partial charge in [0.05, 0.1) is 5.39 Å². The topological polar surface area (TPSA) is 41.3 Å². The SMILES string of the molecule is Cc1c(Cl)ccc2c(NC3CN4CCC3CC4)noc12. The molecule has 1 aromatic heterocycles. The van der Waals surface area contributed by atoms with Crippen molar-refractivity contribution < 1.29 is 4.52 Å². The maximum absolute atomic E-state index is 6.13. The highest BCUT2D eigenvalue weighted by Gasteiger charge is 2.34. The third-order valence-corrected chi connectivity index (χ3v) is 5.21. The molecule has 3 saturated heterocycles. The van der Waals surface area contributed by atoms with E-state index < -0.39 is 0 Å². The smallest absolute Gasteiger partial charge is 0.177 e. The van der Waals surface area contributed by atoms with Crippen LogP contribution in [-0.4, -0.2) is 35.7 Å². The molecule has 1 unspecified atom stereocenters. The first-order chi connectivity index (χ1) is 9.72. The van der Waals surface area contributed by atoms with Gasteiger partial charge in [-0.1, -0.05) is 16.8 Å². The largest absolute Gasteiger partial charge is 0.362 e. The molecule has 0 radical (unpaired) electrons. The summed E-state index contributed by atoms with van der Waals surface area (Å²) in [5.74, 6) is 1.62. The summed E-state index contributed by atoms with van der Waals surface area (Å²) in [6.07, 6.45) is 2.58. The van der Waals surface area contributed by atoms with Crippen LogP contribution in [0.2, 0.25) is 5.02 Å². The van der Waals surface area contributed by atoms with Crippen LogP contribution in [0, 0.1) is 12.8 Å². The lowest BCUT2D eigenvalue weighted by molar-refractivity contribution is 0.0973. The molecular formula is C15H18ClN3O. The third-order valence-electron chi connectivity index (χ3n) is 4.80. The molecule has 3 aliphatic rings. The predicted octanol–water partition coefficient (Wildman–Crippen LogP) is 3.30. The van der Waals surface area contributed by atoms with Crippen LogP contribution in [0.1, 0.15) is 18.4 Å². The highest BCUT2D eigenvalue weighted by Crippen LogP contribution is 2.33. The zero-order valence-electron chi connectivity index (χ0n) is 11.5. The van der Waals surface area contributed by atoms with Gasteiger partial charge in [0.15, 0.2) is 11.4 Å². The molecular weight excluding hydrogens is 274 g/mol. The fourth-order valence-electron chi connectivity index (χ4n) is 3.52. The summed E-state index contributed by atoms with van der Waals surface area (Å²) >= 11 is 6.13. The Kier molecular flexibility index (Phi) is 2.89. The quantitative estimate of drug-likeness (QED) is 0.922. The number of benzene rings is 1. The van der Waals surface area contributed by atoms with Crippen LogP contribution in [0.5, 0.6) is 0 Å². The molecule has 1 atom stereocenters. The lowest BCUT2D eigenvalue weighted by Gasteiger charge is -2.44. The van der Waals surface area contributed by atoms with Crippen LogP contribution in [0.15, 0.2) is 16.7 Å². The molecule has 1 N–H and O–H groups in total. The Balaban J connectivity index is 1.65. The molecule has 0 saturated carbocycles. The Morgan fingerprint density at radius 2 is 2.15 bits per heavy atom. The van der Waals surface area contributed by atoms with Gasteiger partial charge in [-0.25, -0.2) is 0 Å². The first kappa shape index (κ1) is 12.5. The fourth-order valence-corrected chi connectivity index (χ4v) is 3.67. The minimum absolute atomic E-state index is 0.488. The Morgan fingerprint density at radius 3 is 2.85 bits per heavy atom. The molecule has 4 nitrogen and oxygen atoms in total. The molecule has 3 fully saturated rings. The van der Waals surface area contributed by atoms with Gasteiger partial charge in [-0.05, 0) is 50.9 Å². The van der Waals surface area contributed by atoms with Crippen molar-refractivity contribution in [3.8, 4) is 0 Å². The van der Waals surface area contributed by atoms with E-state index in [1.807, 2.05) is 19.1 Å². The van der Waals surface area contributed by atoms with Crippen LogP contribution in [-0.2, 0) is 0 Å². The molecule has 0 amide bonds. The highest BCUT2D eigenvalue weighted by molar-refractivity contribution is 6.32. The van der Waals surface area contributed by atoms with Crippen LogP contribution in [0.4, 0.5) is 5.82 Å². The highest BCUT2D eigenvalue weighted by atomic mass is 35.5. The molecule has 2 bridgehead atoms. The number of hydrogen-bond acceptors (Lipinski definition) is 4. The van der Waals surface area contributed by atoms with Gasteiger partial charge in [0.25, 0.3) is 0 Å². The van der Waals surface area contributed by atoms with Gasteiger partial charge in [0.2, 0.25) is 0 Å². The van der Waals surface area contributed by atoms with E-state index in [9.17, 15) is 0 Å². The van der Waals surface area contributed by atoms with E-state index in [1.165, 1.54) is 25.9 Å². The predicted molar refractivity (Wildman–Crippen MR) is 80.3 cm³/mol. The lowest BCUT2D eigenvalue weighted by Crippen LogP contribution is -2.53. The second kappa shape index (κ2) is 4.64. The molecule has 0 aliphatic carbocycles. The molecule has 1 aromatic carbocycles. The molecule has 3 aliphatic heterocycles. The first-order valence-electron chi connectivity index (χ1n) is 7.26. The number of fused-ring (bicyclic) bond motifs is 4. The van der Waals surface area contributed by atoms with Crippen molar-refractivity contribution in [2.75, 3.05) is 25.0 Å². The lowest BCUT2D eigenvalue weighted by atomic mass is 9.84. The van der Waals surface area contributed by atoms with E-state index in [0.717, 1.165) is 39.8 Å². The fraction of sp³-hybridized carbons (Fsp3) is 0.533. The van der Waals surface area contributed by atoms with Crippen molar-refractivity contribution in [1.29, 1.82) is 0 Å². The van der Waals surface area contributed by atoms with E-state index >= 15 is 0 Å². The number of piperidine rings is 3. The average Bonchev–Trinajstić information content (AvgIpc) is 2.88. The van der Waals surface area contributed by atoms with Crippen molar-refractivity contribution in [2.45, 2.75) is 25.8 Å². The summed E-state index contributed by atoms with van der Waals surface area (Å²) in [7, 11) is 0. The maximum Gasteiger partial charge on any atom is 0.177 e. The molecule has 106 valence electrons. The monoisotopic (exact) mass is 291 g/mol. The molecule has 20 heavy (non-hydrogen) atoms. The van der Waals surface area contributed by atoms with E-state index in [-0.39, 0.29) is 0 Å². The Bertz CT molecular complexity index is 646. The van der Waals surface area contributed by atoms with E-state index in [4.69, 9.17) is 16.1 Å². The van der Waals surface area contributed by atoms with Crippen LogP contribution < -0.4 is 5.32 Å². The molecule has 2 aromatic rings. The number of aryl methyl sites for hydroxylation is 1. The summed E-state index contributed by atoms with van der Waals surface area (Å²) in [6.45, 7) is 5.58. The zero-order chi connectivity index (χ0) is 13.7. The van der Waals surface area contributed by atoms with E-state index in [2.05, 4.69) is 15.4 Å². The Labute approximate surface area is 123 Å². The van der Waals surface area contributed by atoms with Crippen molar-refractivity contribution in [3.05, 3.63) is 22.7 Å². The van der Waals surface area contributed by atoms with Gasteiger partial charge < -0.3 is 14.7 Å². The average molecular weight is 292 g/mol. The first-order valence-corrected chi connectivity index (χ1v) is 7.63. The summed E-state index contributed by atoms with van der Waals surface area (Å²) in [6, 6.07) is 4.39. The van der Waals surface area contributed by atoms with Gasteiger partial charge >= 0.3 is 0 Å². The standard InChI is InChI=1S/C15H18ClN3O/c1-9-12(16)3-2-11-14(9)20-18-15(11)17-13-8-19-6-4-10(13)5-7-19/h2-3,10,13H,4-8H2,1H3,(H,17,18). The number of hydrogen-bond donors (Lipinski definition) is 1. The molecule has 5 rings (SSSR count). The second-order valence-corrected chi connectivity index (χ2v) is 6.38. The minimum Gasteiger partial charge on any atom is -0.362 e. The summed E-state index contributed by atoms with van der Waals surface area (Å²) in [4.78, 5) is 2.53. The van der Waals surface area contributed by atoms with Gasteiger partial charge in [-0.3, -0.25) is 0 Å². The number of nitrogens with one attached hydrogen (secondary N) is 1. The van der Waals surface area contributed by atoms with Crippen molar-refractivity contribution >= 4 is 28.4 Å². The van der Waals surface area contributed by atoms with Crippen LogP contribution in [0.25, 0.3) is 11.0 Å². The molecule has 4 heterocycles. The number of rotatable bonds is 2.